The van der Waals surface area contributed by atoms with Crippen molar-refractivity contribution in [1.82, 2.24) is 14.5 Å². The Morgan fingerprint density at radius 3 is 2.38 bits per heavy atom. The van der Waals surface area contributed by atoms with Gasteiger partial charge < -0.3 is 14.6 Å². The van der Waals surface area contributed by atoms with Crippen molar-refractivity contribution in [3.63, 3.8) is 0 Å². The van der Waals surface area contributed by atoms with E-state index in [1.807, 2.05) is 59.3 Å². The largest absolute Gasteiger partial charge is 0.373 e. The summed E-state index contributed by atoms with van der Waals surface area (Å²) in [6, 6.07) is 15.5. The predicted octanol–water partition coefficient (Wildman–Crippen LogP) is 3.73. The van der Waals surface area contributed by atoms with Crippen molar-refractivity contribution in [3.05, 3.63) is 78.4 Å². The zero-order valence-electron chi connectivity index (χ0n) is 16.8. The summed E-state index contributed by atoms with van der Waals surface area (Å²) >= 11 is 0. The number of nitrogens with one attached hydrogen (secondary N) is 1. The summed E-state index contributed by atoms with van der Waals surface area (Å²) in [5, 5.41) is 2.95. The molecule has 0 radical (unpaired) electrons. The van der Waals surface area contributed by atoms with Crippen molar-refractivity contribution < 1.29 is 9.53 Å². The molecule has 2 heterocycles. The van der Waals surface area contributed by atoms with E-state index in [1.54, 1.807) is 12.5 Å². The Kier molecular flexibility index (Phi) is 5.74. The average Bonchev–Trinajstić information content (AvgIpc) is 3.23. The van der Waals surface area contributed by atoms with Crippen molar-refractivity contribution in [2.45, 2.75) is 32.6 Å². The molecule has 0 aliphatic carbocycles. The third-order valence-electron chi connectivity index (χ3n) is 5.05. The second-order valence-corrected chi connectivity index (χ2v) is 7.62. The number of amides is 1. The number of carbonyl (C=O) groups excluding carboxylic acids is 1. The van der Waals surface area contributed by atoms with E-state index < -0.39 is 0 Å². The van der Waals surface area contributed by atoms with Crippen molar-refractivity contribution in [1.29, 1.82) is 0 Å². The maximum absolute atomic E-state index is 12.6. The Labute approximate surface area is 171 Å². The van der Waals surface area contributed by atoms with E-state index in [9.17, 15) is 4.79 Å². The predicted molar refractivity (Wildman–Crippen MR) is 113 cm³/mol. The molecule has 1 amide bonds. The first-order valence-electron chi connectivity index (χ1n) is 9.93. The number of nitrogens with zero attached hydrogens (tertiary/aromatic N) is 3. The summed E-state index contributed by atoms with van der Waals surface area (Å²) in [5.41, 5.74) is 3.61. The molecule has 2 atom stereocenters. The van der Waals surface area contributed by atoms with Gasteiger partial charge in [-0.1, -0.05) is 12.1 Å². The first kappa shape index (κ1) is 19.4. The van der Waals surface area contributed by atoms with Gasteiger partial charge in [-0.05, 0) is 55.8 Å². The quantitative estimate of drug-likeness (QED) is 0.721. The van der Waals surface area contributed by atoms with Gasteiger partial charge in [0.25, 0.3) is 5.91 Å². The van der Waals surface area contributed by atoms with Crippen LogP contribution in [0.15, 0.2) is 67.3 Å². The number of imidazole rings is 1. The minimum atomic E-state index is -0.111. The second-order valence-electron chi connectivity index (χ2n) is 7.62. The van der Waals surface area contributed by atoms with Gasteiger partial charge >= 0.3 is 0 Å². The van der Waals surface area contributed by atoms with Crippen LogP contribution in [0, 0.1) is 0 Å². The number of aromatic nitrogens is 2. The van der Waals surface area contributed by atoms with Gasteiger partial charge in [-0.15, -0.1) is 0 Å². The monoisotopic (exact) mass is 390 g/mol. The van der Waals surface area contributed by atoms with Crippen LogP contribution in [0.25, 0.3) is 5.69 Å². The van der Waals surface area contributed by atoms with E-state index >= 15 is 0 Å². The molecule has 29 heavy (non-hydrogen) atoms. The van der Waals surface area contributed by atoms with Gasteiger partial charge in [0.2, 0.25) is 0 Å². The van der Waals surface area contributed by atoms with Crippen LogP contribution in [0.4, 0.5) is 5.69 Å². The van der Waals surface area contributed by atoms with Gasteiger partial charge in [-0.3, -0.25) is 9.69 Å². The molecule has 6 heteroatoms. The molecule has 6 nitrogen and oxygen atoms in total. The number of ether oxygens (including phenoxy) is 1. The number of rotatable bonds is 5. The van der Waals surface area contributed by atoms with Crippen LogP contribution in [0.5, 0.6) is 0 Å². The van der Waals surface area contributed by atoms with E-state index in [1.165, 1.54) is 5.56 Å². The number of hydrogen-bond acceptors (Lipinski definition) is 4. The maximum atomic E-state index is 12.6. The topological polar surface area (TPSA) is 59.4 Å². The lowest BCUT2D eigenvalue weighted by Gasteiger charge is -2.35. The summed E-state index contributed by atoms with van der Waals surface area (Å²) in [7, 11) is 0. The Bertz CT molecular complexity index is 926. The standard InChI is InChI=1S/C23H26N4O2/c1-17-13-26(14-18(2)29-17)15-19-3-5-20(6-4-19)23(28)25-21-7-9-22(10-8-21)27-12-11-24-16-27/h3-12,16-18H,13-15H2,1-2H3,(H,25,28). The smallest absolute Gasteiger partial charge is 0.255 e. The first-order chi connectivity index (χ1) is 14.1. The summed E-state index contributed by atoms with van der Waals surface area (Å²) < 4.78 is 7.71. The van der Waals surface area contributed by atoms with Gasteiger partial charge in [-0.2, -0.15) is 0 Å². The van der Waals surface area contributed by atoms with E-state index in [0.717, 1.165) is 31.0 Å². The van der Waals surface area contributed by atoms with Gasteiger partial charge in [0.1, 0.15) is 0 Å². The van der Waals surface area contributed by atoms with Crippen molar-refractivity contribution in [2.24, 2.45) is 0 Å². The summed E-state index contributed by atoms with van der Waals surface area (Å²) in [6.45, 7) is 6.95. The van der Waals surface area contributed by atoms with Crippen molar-refractivity contribution in [3.8, 4) is 5.69 Å². The highest BCUT2D eigenvalue weighted by Crippen LogP contribution is 2.17. The summed E-state index contributed by atoms with van der Waals surface area (Å²) in [4.78, 5) is 19.0. The Morgan fingerprint density at radius 1 is 1.07 bits per heavy atom. The molecule has 1 fully saturated rings. The summed E-state index contributed by atoms with van der Waals surface area (Å²) in [6.07, 6.45) is 5.87. The molecule has 2 aromatic carbocycles. The summed E-state index contributed by atoms with van der Waals surface area (Å²) in [5.74, 6) is -0.111. The molecule has 1 aromatic heterocycles. The molecule has 1 aliphatic heterocycles. The van der Waals surface area contributed by atoms with Crippen LogP contribution in [0.3, 0.4) is 0 Å². The lowest BCUT2D eigenvalue weighted by atomic mass is 10.1. The molecule has 1 saturated heterocycles. The maximum Gasteiger partial charge on any atom is 0.255 e. The number of benzene rings is 2. The highest BCUT2D eigenvalue weighted by atomic mass is 16.5. The van der Waals surface area contributed by atoms with Crippen molar-refractivity contribution in [2.75, 3.05) is 18.4 Å². The van der Waals surface area contributed by atoms with E-state index in [4.69, 9.17) is 4.74 Å². The number of morpholine rings is 1. The highest BCUT2D eigenvalue weighted by molar-refractivity contribution is 6.04. The molecule has 4 rings (SSSR count). The zero-order valence-corrected chi connectivity index (χ0v) is 16.8. The lowest BCUT2D eigenvalue weighted by molar-refractivity contribution is -0.0704. The normalized spacial score (nSPS) is 19.8. The van der Waals surface area contributed by atoms with Crippen LogP contribution in [-0.4, -0.2) is 45.7 Å². The SMILES string of the molecule is CC1CN(Cc2ccc(C(=O)Nc3ccc(-n4ccnc4)cc3)cc2)CC(C)O1. The van der Waals surface area contributed by atoms with Crippen molar-refractivity contribution >= 4 is 11.6 Å². The first-order valence-corrected chi connectivity index (χ1v) is 9.93. The van der Waals surface area contributed by atoms with Crippen LogP contribution >= 0.6 is 0 Å². The van der Waals surface area contributed by atoms with Gasteiger partial charge in [0.05, 0.1) is 18.5 Å². The minimum Gasteiger partial charge on any atom is -0.373 e. The molecule has 150 valence electrons. The van der Waals surface area contributed by atoms with E-state index in [0.29, 0.717) is 5.56 Å². The minimum absolute atomic E-state index is 0.111. The molecule has 1 N–H and O–H groups in total. The van der Waals surface area contributed by atoms with Gasteiger partial charge in [0.15, 0.2) is 0 Å². The fourth-order valence-electron chi connectivity index (χ4n) is 3.77. The zero-order chi connectivity index (χ0) is 20.2. The number of carbonyl (C=O) groups is 1. The number of anilines is 1. The third-order valence-corrected chi connectivity index (χ3v) is 5.05. The van der Waals surface area contributed by atoms with E-state index in [2.05, 4.69) is 29.0 Å². The van der Waals surface area contributed by atoms with Gasteiger partial charge in [0, 0.05) is 49.0 Å². The molecule has 2 unspecified atom stereocenters. The second kappa shape index (κ2) is 8.59. The fraction of sp³-hybridized carbons (Fsp3) is 0.304. The van der Waals surface area contributed by atoms with E-state index in [-0.39, 0.29) is 18.1 Å². The molecule has 0 bridgehead atoms. The van der Waals surface area contributed by atoms with Crippen LogP contribution < -0.4 is 5.32 Å². The van der Waals surface area contributed by atoms with Crippen LogP contribution in [0.1, 0.15) is 29.8 Å². The van der Waals surface area contributed by atoms with Crippen LogP contribution in [-0.2, 0) is 11.3 Å². The Morgan fingerprint density at radius 2 is 1.76 bits per heavy atom. The van der Waals surface area contributed by atoms with Crippen LogP contribution in [0.2, 0.25) is 0 Å². The highest BCUT2D eigenvalue weighted by Gasteiger charge is 2.22. The lowest BCUT2D eigenvalue weighted by Crippen LogP contribution is -2.44. The molecule has 1 aliphatic rings. The number of hydrogen-bond donors (Lipinski definition) is 1. The molecular weight excluding hydrogens is 364 g/mol. The molecule has 3 aromatic rings. The third kappa shape index (κ3) is 4.91. The average molecular weight is 390 g/mol. The van der Waals surface area contributed by atoms with Gasteiger partial charge in [-0.25, -0.2) is 4.98 Å². The fourth-order valence-corrected chi connectivity index (χ4v) is 3.77. The molecule has 0 spiro atoms. The molecular formula is C23H26N4O2. The molecule has 0 saturated carbocycles. The Hall–Kier alpha value is -2.96. The Balaban J connectivity index is 1.35.